The van der Waals surface area contributed by atoms with Gasteiger partial charge in [0.1, 0.15) is 0 Å². The maximum Gasteiger partial charge on any atom is 1.00 e. The number of aromatic amines is 1. The van der Waals surface area contributed by atoms with E-state index in [1.165, 1.54) is 0 Å². The van der Waals surface area contributed by atoms with Crippen molar-refractivity contribution in [3.05, 3.63) is 18.0 Å². The van der Waals surface area contributed by atoms with Crippen LogP contribution >= 0.6 is 0 Å². The molecule has 0 bridgehead atoms. The van der Waals surface area contributed by atoms with Gasteiger partial charge in [-0.3, -0.25) is 0 Å². The van der Waals surface area contributed by atoms with E-state index in [1.54, 1.807) is 6.20 Å². The Morgan fingerprint density at radius 1 is 1.86 bits per heavy atom. The van der Waals surface area contributed by atoms with Crippen LogP contribution in [0, 0.1) is 13.0 Å². The van der Waals surface area contributed by atoms with Crippen LogP contribution in [-0.4, -0.2) is 10.2 Å². The number of nitrogens with one attached hydrogen (secondary N) is 1. The first-order valence-corrected chi connectivity index (χ1v) is 1.77. The summed E-state index contributed by atoms with van der Waals surface area (Å²) in [5.74, 6) is 0. The number of aryl methyl sites for hydroxylation is 1. The summed E-state index contributed by atoms with van der Waals surface area (Å²) in [5.41, 5.74) is 0.912. The molecule has 0 aliphatic rings. The smallest absolute Gasteiger partial charge is 0.429 e. The minimum atomic E-state index is 0. The van der Waals surface area contributed by atoms with Crippen molar-refractivity contribution in [2.24, 2.45) is 0 Å². The molecule has 1 rings (SSSR count). The second-order valence-electron chi connectivity index (χ2n) is 1.11. The largest absolute Gasteiger partial charge is 1.00 e. The van der Waals surface area contributed by atoms with Crippen LogP contribution in [0.15, 0.2) is 6.20 Å². The van der Waals surface area contributed by atoms with Gasteiger partial charge in [0.05, 0.1) is 0 Å². The topological polar surface area (TPSA) is 28.7 Å². The van der Waals surface area contributed by atoms with E-state index in [4.69, 9.17) is 0 Å². The number of H-pyrrole nitrogens is 1. The molecule has 0 amide bonds. The van der Waals surface area contributed by atoms with Gasteiger partial charge in [0, 0.05) is 0 Å². The van der Waals surface area contributed by atoms with Gasteiger partial charge < -0.3 is 11.2 Å². The number of hydrogen-bond donors (Lipinski definition) is 1. The Hall–Kier alpha value is 0.846. The molecule has 0 fully saturated rings. The second-order valence-corrected chi connectivity index (χ2v) is 1.11. The maximum atomic E-state index is 3.74. The van der Waals surface area contributed by atoms with Crippen LogP contribution in [-0.2, 0) is 0 Å². The normalized spacial score (nSPS) is 7.57. The van der Waals surface area contributed by atoms with Crippen LogP contribution in [0.5, 0.6) is 0 Å². The third-order valence-electron chi connectivity index (χ3n) is 0.578. The van der Waals surface area contributed by atoms with Gasteiger partial charge in [-0.15, -0.1) is 5.69 Å². The predicted molar refractivity (Wildman–Crippen MR) is 22.2 cm³/mol. The summed E-state index contributed by atoms with van der Waals surface area (Å²) >= 11 is 0. The molecule has 0 aliphatic carbocycles. The Morgan fingerprint density at radius 3 is 2.71 bits per heavy atom. The Morgan fingerprint density at radius 2 is 2.57 bits per heavy atom. The summed E-state index contributed by atoms with van der Waals surface area (Å²) in [7, 11) is 0. The van der Waals surface area contributed by atoms with Gasteiger partial charge in [0.2, 0.25) is 0 Å². The number of hydrogen-bond acceptors (Lipinski definition) is 1. The average molecular weight is 120 g/mol. The van der Waals surface area contributed by atoms with Crippen molar-refractivity contribution in [2.75, 3.05) is 0 Å². The van der Waals surface area contributed by atoms with Crippen LogP contribution in [0.3, 0.4) is 0 Å². The van der Waals surface area contributed by atoms with E-state index in [9.17, 15) is 0 Å². The third kappa shape index (κ3) is 2.61. The quantitative estimate of drug-likeness (QED) is 0.298. The average Bonchev–Trinajstić information content (AvgIpc) is 1.86. The van der Waals surface area contributed by atoms with Crippen molar-refractivity contribution in [3.8, 4) is 0 Å². The van der Waals surface area contributed by atoms with E-state index in [-0.39, 0.29) is 51.4 Å². The van der Waals surface area contributed by atoms with Crippen LogP contribution in [0.4, 0.5) is 0 Å². The fourth-order valence-electron chi connectivity index (χ4n) is 0.298. The molecule has 0 aromatic carbocycles. The van der Waals surface area contributed by atoms with Gasteiger partial charge >= 0.3 is 51.4 Å². The van der Waals surface area contributed by atoms with Crippen molar-refractivity contribution in [3.63, 3.8) is 0 Å². The molecule has 1 heterocycles. The number of rotatable bonds is 0. The van der Waals surface area contributed by atoms with Gasteiger partial charge in [-0.25, -0.2) is 5.10 Å². The predicted octanol–water partition coefficient (Wildman–Crippen LogP) is -2.48. The van der Waals surface area contributed by atoms with Gasteiger partial charge in [-0.1, -0.05) is 6.92 Å². The summed E-state index contributed by atoms with van der Waals surface area (Å²) in [6.07, 6.45) is 1.68. The Labute approximate surface area is 85.1 Å². The molecule has 0 saturated heterocycles. The molecule has 0 saturated carbocycles. The van der Waals surface area contributed by atoms with E-state index >= 15 is 0 Å². The Bertz CT molecular complexity index is 113. The maximum absolute atomic E-state index is 3.74. The Balaban J connectivity index is 0.000000360. The molecule has 0 atom stereocenters. The summed E-state index contributed by atoms with van der Waals surface area (Å²) in [4.78, 5) is 0. The molecular weight excluding hydrogens is 115 g/mol. The van der Waals surface area contributed by atoms with E-state index in [0.29, 0.717) is 0 Å². The molecular formula is C4H5KN2. The Kier molecular flexibility index (Phi) is 4.26. The van der Waals surface area contributed by atoms with Crippen LogP contribution < -0.4 is 51.4 Å². The molecule has 0 radical (unpaired) electrons. The van der Waals surface area contributed by atoms with Gasteiger partial charge in [0.15, 0.2) is 0 Å². The van der Waals surface area contributed by atoms with E-state index in [2.05, 4.69) is 16.3 Å². The summed E-state index contributed by atoms with van der Waals surface area (Å²) in [5, 5.41) is 6.36. The third-order valence-corrected chi connectivity index (χ3v) is 0.578. The monoisotopic (exact) mass is 120 g/mol. The number of nitrogens with zero attached hydrogens (tertiary/aromatic N) is 1. The molecule has 7 heavy (non-hydrogen) atoms. The minimum absolute atomic E-state index is 0. The van der Waals surface area contributed by atoms with E-state index in [0.717, 1.165) is 5.69 Å². The standard InChI is InChI=1S/C4H5N2.K/c1-4-2-3-5-6-4;/h3H,1H3,(H,5,6);/q-1;+1. The molecule has 2 nitrogen and oxygen atoms in total. The molecule has 0 spiro atoms. The molecule has 1 aromatic heterocycles. The molecule has 0 unspecified atom stereocenters. The molecule has 1 N–H and O–H groups in total. The first-order valence-electron chi connectivity index (χ1n) is 1.77. The van der Waals surface area contributed by atoms with Crippen LogP contribution in [0.2, 0.25) is 0 Å². The SMILES string of the molecule is Cc1[c-]c[nH]n1.[K+]. The first kappa shape index (κ1) is 7.85. The van der Waals surface area contributed by atoms with Crippen LogP contribution in [0.25, 0.3) is 0 Å². The zero-order valence-electron chi connectivity index (χ0n) is 4.52. The van der Waals surface area contributed by atoms with E-state index < -0.39 is 0 Å². The fraction of sp³-hybridized carbons (Fsp3) is 0.250. The van der Waals surface area contributed by atoms with Crippen LogP contribution in [0.1, 0.15) is 5.69 Å². The summed E-state index contributed by atoms with van der Waals surface area (Å²) in [6, 6.07) is 2.83. The van der Waals surface area contributed by atoms with Crippen molar-refractivity contribution < 1.29 is 51.4 Å². The van der Waals surface area contributed by atoms with Gasteiger partial charge in [-0.05, 0) is 0 Å². The number of aromatic nitrogens is 2. The van der Waals surface area contributed by atoms with Crippen molar-refractivity contribution in [1.82, 2.24) is 10.2 Å². The first-order chi connectivity index (χ1) is 2.89. The van der Waals surface area contributed by atoms with Gasteiger partial charge in [0.25, 0.3) is 0 Å². The fourth-order valence-corrected chi connectivity index (χ4v) is 0.298. The molecule has 3 heteroatoms. The molecule has 0 aliphatic heterocycles. The molecule has 32 valence electrons. The zero-order chi connectivity index (χ0) is 4.41. The van der Waals surface area contributed by atoms with E-state index in [1.807, 2.05) is 6.92 Å². The van der Waals surface area contributed by atoms with Crippen molar-refractivity contribution in [1.29, 1.82) is 0 Å². The molecule has 1 aromatic rings. The zero-order valence-corrected chi connectivity index (χ0v) is 7.65. The van der Waals surface area contributed by atoms with Crippen molar-refractivity contribution >= 4 is 0 Å². The minimum Gasteiger partial charge on any atom is -0.429 e. The second kappa shape index (κ2) is 3.80. The van der Waals surface area contributed by atoms with Gasteiger partial charge in [-0.2, -0.15) is 6.20 Å². The van der Waals surface area contributed by atoms with Crippen molar-refractivity contribution in [2.45, 2.75) is 6.92 Å². The summed E-state index contributed by atoms with van der Waals surface area (Å²) in [6.45, 7) is 1.89. The summed E-state index contributed by atoms with van der Waals surface area (Å²) < 4.78 is 0.